The van der Waals surface area contributed by atoms with Gasteiger partial charge < -0.3 is 24.2 Å². The number of likely N-dealkylation sites (tertiary alicyclic amines) is 1. The quantitative estimate of drug-likeness (QED) is 0.303. The second-order valence-corrected chi connectivity index (χ2v) is 8.56. The number of nitrogens with zero attached hydrogens (tertiary/aromatic N) is 2. The zero-order chi connectivity index (χ0) is 25.1. The number of fused-ring (bicyclic) bond motifs is 1. The van der Waals surface area contributed by atoms with Crippen LogP contribution in [0.5, 0.6) is 17.2 Å². The van der Waals surface area contributed by atoms with Crippen LogP contribution in [0.15, 0.2) is 72.6 Å². The molecule has 1 amide bonds. The van der Waals surface area contributed by atoms with Crippen LogP contribution in [0.25, 0.3) is 5.76 Å². The number of pyridine rings is 1. The van der Waals surface area contributed by atoms with Crippen LogP contribution in [0.4, 0.5) is 0 Å². The first-order valence-electron chi connectivity index (χ1n) is 11.9. The zero-order valence-electron chi connectivity index (χ0n) is 19.8. The molecular formula is C28H26N2O6. The zero-order valence-corrected chi connectivity index (χ0v) is 19.8. The number of hydrogen-bond acceptors (Lipinski definition) is 7. The number of rotatable bonds is 7. The molecule has 1 fully saturated rings. The van der Waals surface area contributed by atoms with Crippen LogP contribution < -0.4 is 14.2 Å². The van der Waals surface area contributed by atoms with E-state index in [2.05, 4.69) is 4.98 Å². The number of ketones is 1. The standard InChI is InChI=1S/C28H26N2O6/c1-2-12-34-21-8-5-19(6-9-21)25-24(26(31)20-7-10-22-23(15-20)36-14-13-35-22)27(32)28(33)30(25)17-18-4-3-11-29-16-18/h3-11,15-16,25,31H,2,12-14,17H2,1H3/b26-24+. The Balaban J connectivity index is 1.59. The number of carbonyl (C=O) groups is 2. The van der Waals surface area contributed by atoms with Crippen molar-refractivity contribution in [2.45, 2.75) is 25.9 Å². The molecule has 0 bridgehead atoms. The van der Waals surface area contributed by atoms with Crippen LogP contribution in [0.3, 0.4) is 0 Å². The summed E-state index contributed by atoms with van der Waals surface area (Å²) in [6, 6.07) is 15.0. The van der Waals surface area contributed by atoms with E-state index in [-0.39, 0.29) is 17.9 Å². The summed E-state index contributed by atoms with van der Waals surface area (Å²) in [5, 5.41) is 11.3. The van der Waals surface area contributed by atoms with Crippen molar-refractivity contribution < 1.29 is 28.9 Å². The maximum Gasteiger partial charge on any atom is 0.295 e. The molecule has 0 radical (unpaired) electrons. The number of Topliss-reactive ketones (excluding diaryl/α,β-unsaturated/α-hetero) is 1. The monoisotopic (exact) mass is 486 g/mol. The van der Waals surface area contributed by atoms with Crippen LogP contribution in [0.1, 0.15) is 36.1 Å². The normalized spacial score (nSPS) is 18.4. The second-order valence-electron chi connectivity index (χ2n) is 8.56. The molecule has 2 aliphatic heterocycles. The number of hydrogen-bond donors (Lipinski definition) is 1. The predicted molar refractivity (Wildman–Crippen MR) is 132 cm³/mol. The average Bonchev–Trinajstić information content (AvgIpc) is 3.17. The molecule has 1 atom stereocenters. The van der Waals surface area contributed by atoms with Gasteiger partial charge in [-0.15, -0.1) is 0 Å². The van der Waals surface area contributed by atoms with Crippen LogP contribution in [-0.2, 0) is 16.1 Å². The van der Waals surface area contributed by atoms with Gasteiger partial charge in [-0.3, -0.25) is 14.6 Å². The minimum atomic E-state index is -0.793. The minimum absolute atomic E-state index is 0.0165. The van der Waals surface area contributed by atoms with E-state index in [4.69, 9.17) is 14.2 Å². The lowest BCUT2D eigenvalue weighted by molar-refractivity contribution is -0.140. The molecule has 1 aromatic heterocycles. The predicted octanol–water partition coefficient (Wildman–Crippen LogP) is 4.26. The number of ether oxygens (including phenoxy) is 3. The van der Waals surface area contributed by atoms with Crippen molar-refractivity contribution in [3.63, 3.8) is 0 Å². The van der Waals surface area contributed by atoms with Crippen molar-refractivity contribution in [3.8, 4) is 17.2 Å². The van der Waals surface area contributed by atoms with Crippen LogP contribution in [-0.4, -0.2) is 46.5 Å². The summed E-state index contributed by atoms with van der Waals surface area (Å²) in [7, 11) is 0. The molecule has 0 saturated carbocycles. The van der Waals surface area contributed by atoms with Gasteiger partial charge in [0.25, 0.3) is 11.7 Å². The van der Waals surface area contributed by atoms with Crippen molar-refractivity contribution in [1.82, 2.24) is 9.88 Å². The fraction of sp³-hybridized carbons (Fsp3) is 0.250. The Bertz CT molecular complexity index is 1300. The van der Waals surface area contributed by atoms with Gasteiger partial charge in [-0.25, -0.2) is 0 Å². The number of amides is 1. The number of benzene rings is 2. The fourth-order valence-electron chi connectivity index (χ4n) is 4.39. The van der Waals surface area contributed by atoms with E-state index >= 15 is 0 Å². The SMILES string of the molecule is CCCOc1ccc(C2/C(=C(\O)c3ccc4c(c3)OCCO4)C(=O)C(=O)N2Cc2cccnc2)cc1. The highest BCUT2D eigenvalue weighted by Gasteiger charge is 2.46. The van der Waals surface area contributed by atoms with Gasteiger partial charge in [0.1, 0.15) is 24.7 Å². The molecule has 8 nitrogen and oxygen atoms in total. The first kappa shape index (κ1) is 23.4. The molecule has 36 heavy (non-hydrogen) atoms. The summed E-state index contributed by atoms with van der Waals surface area (Å²) in [4.78, 5) is 32.1. The van der Waals surface area contributed by atoms with Gasteiger partial charge in [-0.2, -0.15) is 0 Å². The number of aliphatic hydroxyl groups is 1. The van der Waals surface area contributed by atoms with Crippen LogP contribution in [0.2, 0.25) is 0 Å². The Kier molecular flexibility index (Phi) is 6.58. The highest BCUT2D eigenvalue weighted by Crippen LogP contribution is 2.42. The van der Waals surface area contributed by atoms with E-state index in [0.29, 0.717) is 48.2 Å². The number of aromatic nitrogens is 1. The topological polar surface area (TPSA) is 98.2 Å². The van der Waals surface area contributed by atoms with Crippen molar-refractivity contribution in [2.24, 2.45) is 0 Å². The largest absolute Gasteiger partial charge is 0.507 e. The molecule has 0 spiro atoms. The molecule has 5 rings (SSSR count). The van der Waals surface area contributed by atoms with Crippen molar-refractivity contribution in [2.75, 3.05) is 19.8 Å². The summed E-state index contributed by atoms with van der Waals surface area (Å²) >= 11 is 0. The molecule has 3 aromatic rings. The van der Waals surface area contributed by atoms with E-state index in [0.717, 1.165) is 12.0 Å². The van der Waals surface area contributed by atoms with Gasteiger partial charge in [0, 0.05) is 24.5 Å². The van der Waals surface area contributed by atoms with Crippen LogP contribution >= 0.6 is 0 Å². The van der Waals surface area contributed by atoms with Gasteiger partial charge in [-0.1, -0.05) is 25.1 Å². The molecule has 2 aliphatic rings. The van der Waals surface area contributed by atoms with Gasteiger partial charge in [0.2, 0.25) is 0 Å². The summed E-state index contributed by atoms with van der Waals surface area (Å²) in [6.07, 6.45) is 4.17. The highest BCUT2D eigenvalue weighted by atomic mass is 16.6. The van der Waals surface area contributed by atoms with Crippen molar-refractivity contribution in [1.29, 1.82) is 0 Å². The first-order valence-corrected chi connectivity index (χ1v) is 11.9. The first-order chi connectivity index (χ1) is 17.6. The molecule has 0 aliphatic carbocycles. The van der Waals surface area contributed by atoms with Crippen molar-refractivity contribution in [3.05, 3.63) is 89.3 Å². The molecule has 1 unspecified atom stereocenters. The number of carbonyl (C=O) groups excluding carboxylic acids is 2. The maximum absolute atomic E-state index is 13.3. The Hall–Kier alpha value is -4.33. The van der Waals surface area contributed by atoms with Crippen molar-refractivity contribution >= 4 is 17.4 Å². The molecule has 8 heteroatoms. The van der Waals surface area contributed by atoms with E-state index < -0.39 is 17.7 Å². The Morgan fingerprint density at radius 1 is 1.08 bits per heavy atom. The summed E-state index contributed by atoms with van der Waals surface area (Å²) in [5.41, 5.74) is 1.84. The highest BCUT2D eigenvalue weighted by molar-refractivity contribution is 6.46. The third-order valence-corrected chi connectivity index (χ3v) is 6.10. The molecule has 1 saturated heterocycles. The van der Waals surface area contributed by atoms with E-state index in [1.54, 1.807) is 48.8 Å². The lowest BCUT2D eigenvalue weighted by Gasteiger charge is -2.25. The Labute approximate surface area is 208 Å². The van der Waals surface area contributed by atoms with E-state index in [1.807, 2.05) is 25.1 Å². The smallest absolute Gasteiger partial charge is 0.295 e. The van der Waals surface area contributed by atoms with Gasteiger partial charge in [0.15, 0.2) is 11.5 Å². The Morgan fingerprint density at radius 3 is 2.58 bits per heavy atom. The lowest BCUT2D eigenvalue weighted by Crippen LogP contribution is -2.29. The van der Waals surface area contributed by atoms with Gasteiger partial charge in [-0.05, 0) is 53.9 Å². The second kappa shape index (κ2) is 10.1. The summed E-state index contributed by atoms with van der Waals surface area (Å²) in [5.74, 6) is 0.0294. The van der Waals surface area contributed by atoms with Gasteiger partial charge in [0.05, 0.1) is 18.2 Å². The molecule has 184 valence electrons. The summed E-state index contributed by atoms with van der Waals surface area (Å²) in [6.45, 7) is 3.60. The van der Waals surface area contributed by atoms with E-state index in [1.165, 1.54) is 4.90 Å². The Morgan fingerprint density at radius 2 is 1.86 bits per heavy atom. The lowest BCUT2D eigenvalue weighted by atomic mass is 9.95. The number of aliphatic hydroxyl groups excluding tert-OH is 1. The summed E-state index contributed by atoms with van der Waals surface area (Å²) < 4.78 is 16.9. The molecular weight excluding hydrogens is 460 g/mol. The fourth-order valence-corrected chi connectivity index (χ4v) is 4.39. The molecule has 2 aromatic carbocycles. The molecule has 3 heterocycles. The minimum Gasteiger partial charge on any atom is -0.507 e. The van der Waals surface area contributed by atoms with Crippen LogP contribution in [0, 0.1) is 0 Å². The third-order valence-electron chi connectivity index (χ3n) is 6.10. The van der Waals surface area contributed by atoms with Gasteiger partial charge >= 0.3 is 0 Å². The van der Waals surface area contributed by atoms with E-state index in [9.17, 15) is 14.7 Å². The molecule has 1 N–H and O–H groups in total. The maximum atomic E-state index is 13.3. The average molecular weight is 487 g/mol. The third kappa shape index (κ3) is 4.49.